The SMILES string of the molecule is CCOC[C@H]1COCCC12CCN(C(=O)c1cc(C)nc(C)c1)CC2. The topological polar surface area (TPSA) is 51.7 Å². The number of pyridine rings is 1. The highest BCUT2D eigenvalue weighted by atomic mass is 16.5. The summed E-state index contributed by atoms with van der Waals surface area (Å²) >= 11 is 0. The van der Waals surface area contributed by atoms with Gasteiger partial charge in [-0.05, 0) is 57.6 Å². The Kier molecular flexibility index (Phi) is 5.74. The number of likely N-dealkylation sites (tertiary alicyclic amines) is 1. The number of piperidine rings is 1. The summed E-state index contributed by atoms with van der Waals surface area (Å²) in [6.45, 7) is 10.7. The first kappa shape index (κ1) is 18.3. The van der Waals surface area contributed by atoms with E-state index in [0.29, 0.717) is 5.92 Å². The number of aryl methyl sites for hydroxylation is 2. The third kappa shape index (κ3) is 4.04. The van der Waals surface area contributed by atoms with Crippen LogP contribution in [-0.2, 0) is 9.47 Å². The number of carbonyl (C=O) groups excluding carboxylic acids is 1. The fourth-order valence-electron chi connectivity index (χ4n) is 4.32. The molecule has 2 aliphatic heterocycles. The third-order valence-electron chi connectivity index (χ3n) is 5.83. The van der Waals surface area contributed by atoms with Gasteiger partial charge in [-0.3, -0.25) is 9.78 Å². The average Bonchev–Trinajstić information content (AvgIpc) is 2.60. The van der Waals surface area contributed by atoms with Crippen molar-refractivity contribution in [3.05, 3.63) is 29.1 Å². The molecule has 5 nitrogen and oxygen atoms in total. The van der Waals surface area contributed by atoms with E-state index in [1.54, 1.807) is 0 Å². The molecule has 0 N–H and O–H groups in total. The van der Waals surface area contributed by atoms with Crippen molar-refractivity contribution in [2.24, 2.45) is 11.3 Å². The highest BCUT2D eigenvalue weighted by Gasteiger charge is 2.44. The average molecular weight is 346 g/mol. The molecule has 1 aromatic heterocycles. The van der Waals surface area contributed by atoms with E-state index in [-0.39, 0.29) is 11.3 Å². The Balaban J connectivity index is 1.66. The van der Waals surface area contributed by atoms with Crippen LogP contribution >= 0.6 is 0 Å². The molecular weight excluding hydrogens is 316 g/mol. The number of ether oxygens (including phenoxy) is 2. The van der Waals surface area contributed by atoms with Crippen molar-refractivity contribution >= 4 is 5.91 Å². The van der Waals surface area contributed by atoms with Gasteiger partial charge in [0.25, 0.3) is 5.91 Å². The zero-order valence-electron chi connectivity index (χ0n) is 15.7. The maximum atomic E-state index is 12.9. The Bertz CT molecular complexity index is 589. The van der Waals surface area contributed by atoms with Crippen LogP contribution in [0.3, 0.4) is 0 Å². The van der Waals surface area contributed by atoms with Crippen molar-refractivity contribution < 1.29 is 14.3 Å². The summed E-state index contributed by atoms with van der Waals surface area (Å²) in [6, 6.07) is 3.79. The molecule has 1 atom stereocenters. The minimum atomic E-state index is 0.136. The zero-order valence-corrected chi connectivity index (χ0v) is 15.7. The van der Waals surface area contributed by atoms with Crippen LogP contribution in [0.5, 0.6) is 0 Å². The number of hydrogen-bond acceptors (Lipinski definition) is 4. The second kappa shape index (κ2) is 7.83. The molecule has 2 aliphatic rings. The van der Waals surface area contributed by atoms with Gasteiger partial charge in [0.15, 0.2) is 0 Å². The summed E-state index contributed by atoms with van der Waals surface area (Å²) in [5, 5.41) is 0. The Morgan fingerprint density at radius 1 is 1.28 bits per heavy atom. The molecule has 2 saturated heterocycles. The van der Waals surface area contributed by atoms with E-state index in [1.165, 1.54) is 0 Å². The number of nitrogens with zero attached hydrogens (tertiary/aromatic N) is 2. The molecule has 138 valence electrons. The minimum Gasteiger partial charge on any atom is -0.381 e. The molecule has 3 rings (SSSR count). The first-order valence-electron chi connectivity index (χ1n) is 9.44. The van der Waals surface area contributed by atoms with E-state index in [2.05, 4.69) is 4.98 Å². The van der Waals surface area contributed by atoms with Gasteiger partial charge in [0, 0.05) is 49.2 Å². The smallest absolute Gasteiger partial charge is 0.253 e. The van der Waals surface area contributed by atoms with E-state index in [1.807, 2.05) is 37.8 Å². The molecule has 1 spiro atoms. The van der Waals surface area contributed by atoms with Crippen molar-refractivity contribution in [3.63, 3.8) is 0 Å². The lowest BCUT2D eigenvalue weighted by Gasteiger charge is -2.49. The van der Waals surface area contributed by atoms with E-state index in [0.717, 1.165) is 75.7 Å². The molecule has 5 heteroatoms. The van der Waals surface area contributed by atoms with Gasteiger partial charge in [-0.15, -0.1) is 0 Å². The lowest BCUT2D eigenvalue weighted by molar-refractivity contribution is -0.0956. The predicted molar refractivity (Wildman–Crippen MR) is 96.7 cm³/mol. The molecule has 0 saturated carbocycles. The second-order valence-electron chi connectivity index (χ2n) is 7.47. The number of aromatic nitrogens is 1. The van der Waals surface area contributed by atoms with E-state index in [9.17, 15) is 4.79 Å². The zero-order chi connectivity index (χ0) is 17.9. The largest absolute Gasteiger partial charge is 0.381 e. The van der Waals surface area contributed by atoms with Crippen LogP contribution in [0.15, 0.2) is 12.1 Å². The predicted octanol–water partition coefficient (Wildman–Crippen LogP) is 2.99. The van der Waals surface area contributed by atoms with Gasteiger partial charge in [-0.2, -0.15) is 0 Å². The second-order valence-corrected chi connectivity index (χ2v) is 7.47. The molecular formula is C20H30N2O3. The van der Waals surface area contributed by atoms with Crippen LogP contribution in [0.1, 0.15) is 47.9 Å². The summed E-state index contributed by atoms with van der Waals surface area (Å²) in [5.74, 6) is 0.584. The van der Waals surface area contributed by atoms with Crippen LogP contribution in [-0.4, -0.2) is 55.3 Å². The molecule has 0 aromatic carbocycles. The summed E-state index contributed by atoms with van der Waals surface area (Å²) in [6.07, 6.45) is 3.17. The lowest BCUT2D eigenvalue weighted by atomic mass is 9.66. The van der Waals surface area contributed by atoms with Crippen LogP contribution in [0, 0.1) is 25.2 Å². The van der Waals surface area contributed by atoms with Gasteiger partial charge in [0.05, 0.1) is 13.2 Å². The summed E-state index contributed by atoms with van der Waals surface area (Å²) in [5.41, 5.74) is 2.84. The monoisotopic (exact) mass is 346 g/mol. The molecule has 25 heavy (non-hydrogen) atoms. The van der Waals surface area contributed by atoms with Gasteiger partial charge in [-0.25, -0.2) is 0 Å². The molecule has 1 amide bonds. The van der Waals surface area contributed by atoms with E-state index in [4.69, 9.17) is 9.47 Å². The highest BCUT2D eigenvalue weighted by Crippen LogP contribution is 2.45. The molecule has 0 unspecified atom stereocenters. The number of carbonyl (C=O) groups is 1. The van der Waals surface area contributed by atoms with Gasteiger partial charge in [0.2, 0.25) is 0 Å². The van der Waals surface area contributed by atoms with Crippen molar-refractivity contribution in [2.45, 2.75) is 40.0 Å². The van der Waals surface area contributed by atoms with E-state index >= 15 is 0 Å². The third-order valence-corrected chi connectivity index (χ3v) is 5.83. The lowest BCUT2D eigenvalue weighted by Crippen LogP contribution is -2.50. The molecule has 0 bridgehead atoms. The summed E-state index contributed by atoms with van der Waals surface area (Å²) in [7, 11) is 0. The maximum Gasteiger partial charge on any atom is 0.253 e. The number of rotatable bonds is 4. The summed E-state index contributed by atoms with van der Waals surface area (Å²) < 4.78 is 11.4. The Morgan fingerprint density at radius 2 is 1.96 bits per heavy atom. The van der Waals surface area contributed by atoms with Gasteiger partial charge < -0.3 is 14.4 Å². The van der Waals surface area contributed by atoms with Gasteiger partial charge in [-0.1, -0.05) is 0 Å². The van der Waals surface area contributed by atoms with Crippen LogP contribution < -0.4 is 0 Å². The highest BCUT2D eigenvalue weighted by molar-refractivity contribution is 5.94. The fraction of sp³-hybridized carbons (Fsp3) is 0.700. The molecule has 2 fully saturated rings. The molecule has 0 radical (unpaired) electrons. The van der Waals surface area contributed by atoms with Gasteiger partial charge >= 0.3 is 0 Å². The molecule has 1 aromatic rings. The Labute approximate surface area is 150 Å². The van der Waals surface area contributed by atoms with Gasteiger partial charge in [0.1, 0.15) is 0 Å². The van der Waals surface area contributed by atoms with Crippen molar-refractivity contribution in [1.29, 1.82) is 0 Å². The minimum absolute atomic E-state index is 0.136. The van der Waals surface area contributed by atoms with Crippen LogP contribution in [0.25, 0.3) is 0 Å². The van der Waals surface area contributed by atoms with Crippen molar-refractivity contribution in [3.8, 4) is 0 Å². The van der Waals surface area contributed by atoms with Crippen LogP contribution in [0.4, 0.5) is 0 Å². The van der Waals surface area contributed by atoms with Crippen molar-refractivity contribution in [2.75, 3.05) is 39.5 Å². The fourth-order valence-corrected chi connectivity index (χ4v) is 4.32. The molecule has 3 heterocycles. The maximum absolute atomic E-state index is 12.9. The normalized spacial score (nSPS) is 23.0. The van der Waals surface area contributed by atoms with E-state index < -0.39 is 0 Å². The van der Waals surface area contributed by atoms with Crippen LogP contribution in [0.2, 0.25) is 0 Å². The summed E-state index contributed by atoms with van der Waals surface area (Å²) in [4.78, 5) is 19.3. The quantitative estimate of drug-likeness (QED) is 0.841. The Hall–Kier alpha value is -1.46. The Morgan fingerprint density at radius 3 is 2.60 bits per heavy atom. The molecule has 0 aliphatic carbocycles. The van der Waals surface area contributed by atoms with Crippen molar-refractivity contribution in [1.82, 2.24) is 9.88 Å². The standard InChI is InChI=1S/C20H30N2O3/c1-4-24-13-18-14-25-10-7-20(18)5-8-22(9-6-20)19(23)17-11-15(2)21-16(3)12-17/h11-12,18H,4-10,13-14H2,1-3H3/t18-/m0/s1. The number of hydrogen-bond donors (Lipinski definition) is 0. The first-order valence-corrected chi connectivity index (χ1v) is 9.44. The first-order chi connectivity index (χ1) is 12.0. The number of amides is 1.